The molecule has 2 aromatic carbocycles. The van der Waals surface area contributed by atoms with E-state index in [0.717, 1.165) is 29.4 Å². The lowest BCUT2D eigenvalue weighted by atomic mass is 10.1. The Hall–Kier alpha value is -2.40. The van der Waals surface area contributed by atoms with Crippen molar-refractivity contribution in [3.63, 3.8) is 0 Å². The molecule has 0 aliphatic carbocycles. The summed E-state index contributed by atoms with van der Waals surface area (Å²) in [6.45, 7) is 1.55. The second kappa shape index (κ2) is 6.58. The fraction of sp³-hybridized carbons (Fsp3) is 0.294. The van der Waals surface area contributed by atoms with Crippen LogP contribution in [0.25, 0.3) is 10.8 Å². The van der Waals surface area contributed by atoms with Gasteiger partial charge >= 0.3 is 0 Å². The first-order valence-corrected chi connectivity index (χ1v) is 7.50. The van der Waals surface area contributed by atoms with E-state index in [4.69, 9.17) is 0 Å². The van der Waals surface area contributed by atoms with Crippen LogP contribution in [0.3, 0.4) is 0 Å². The maximum Gasteiger partial charge on any atom is 0.243 e. The molecule has 1 unspecified atom stereocenters. The minimum absolute atomic E-state index is 0.00143. The minimum atomic E-state index is -0.212. The van der Waals surface area contributed by atoms with E-state index in [0.29, 0.717) is 6.54 Å². The van der Waals surface area contributed by atoms with Crippen molar-refractivity contribution < 1.29 is 9.59 Å². The number of hydrogen-bond donors (Lipinski definition) is 3. The number of anilines is 1. The molecule has 1 saturated heterocycles. The molecule has 2 amide bonds. The fourth-order valence-corrected chi connectivity index (χ4v) is 2.72. The van der Waals surface area contributed by atoms with Crippen LogP contribution < -0.4 is 16.0 Å². The van der Waals surface area contributed by atoms with Crippen molar-refractivity contribution in [1.82, 2.24) is 10.6 Å². The molecule has 114 valence electrons. The van der Waals surface area contributed by atoms with Gasteiger partial charge < -0.3 is 16.0 Å². The molecular weight excluding hydrogens is 278 g/mol. The summed E-state index contributed by atoms with van der Waals surface area (Å²) < 4.78 is 0. The van der Waals surface area contributed by atoms with Crippen molar-refractivity contribution in [1.29, 1.82) is 0 Å². The third kappa shape index (κ3) is 3.26. The van der Waals surface area contributed by atoms with E-state index >= 15 is 0 Å². The first kappa shape index (κ1) is 14.5. The highest BCUT2D eigenvalue weighted by Crippen LogP contribution is 2.22. The molecule has 1 aliphatic heterocycles. The average molecular weight is 297 g/mol. The third-order valence-corrected chi connectivity index (χ3v) is 3.92. The van der Waals surface area contributed by atoms with E-state index in [1.165, 1.54) is 0 Å². The maximum absolute atomic E-state index is 12.0. The van der Waals surface area contributed by atoms with Gasteiger partial charge in [0.05, 0.1) is 12.5 Å². The highest BCUT2D eigenvalue weighted by atomic mass is 16.2. The van der Waals surface area contributed by atoms with Gasteiger partial charge in [0.2, 0.25) is 11.8 Å². The summed E-state index contributed by atoms with van der Waals surface area (Å²) in [5.41, 5.74) is 0.764. The van der Waals surface area contributed by atoms with Crippen molar-refractivity contribution in [2.75, 3.05) is 25.0 Å². The van der Waals surface area contributed by atoms with Crippen LogP contribution in [-0.4, -0.2) is 31.4 Å². The summed E-state index contributed by atoms with van der Waals surface area (Å²) in [4.78, 5) is 23.9. The second-order valence-corrected chi connectivity index (χ2v) is 5.48. The summed E-state index contributed by atoms with van der Waals surface area (Å²) in [6.07, 6.45) is 0.830. The lowest BCUT2D eigenvalue weighted by Gasteiger charge is -2.11. The SMILES string of the molecule is O=C(CNC(=O)C1CCNC1)Nc1cccc2ccccc12. The predicted molar refractivity (Wildman–Crippen MR) is 86.6 cm³/mol. The zero-order valence-corrected chi connectivity index (χ0v) is 12.3. The van der Waals surface area contributed by atoms with Crippen LogP contribution in [0.1, 0.15) is 6.42 Å². The summed E-state index contributed by atoms with van der Waals surface area (Å²) in [7, 11) is 0. The van der Waals surface area contributed by atoms with Gasteiger partial charge in [-0.2, -0.15) is 0 Å². The average Bonchev–Trinajstić information content (AvgIpc) is 3.07. The van der Waals surface area contributed by atoms with Crippen molar-refractivity contribution in [2.24, 2.45) is 5.92 Å². The second-order valence-electron chi connectivity index (χ2n) is 5.48. The normalized spacial score (nSPS) is 17.4. The summed E-state index contributed by atoms with van der Waals surface area (Å²) in [6, 6.07) is 13.6. The highest BCUT2D eigenvalue weighted by Gasteiger charge is 2.22. The Kier molecular flexibility index (Phi) is 4.34. The molecule has 1 fully saturated rings. The van der Waals surface area contributed by atoms with Gasteiger partial charge in [0.1, 0.15) is 0 Å². The molecular formula is C17H19N3O2. The zero-order chi connectivity index (χ0) is 15.4. The highest BCUT2D eigenvalue weighted by molar-refractivity contribution is 6.03. The summed E-state index contributed by atoms with van der Waals surface area (Å²) in [5.74, 6) is -0.293. The minimum Gasteiger partial charge on any atom is -0.347 e. The van der Waals surface area contributed by atoms with E-state index in [-0.39, 0.29) is 24.3 Å². The number of nitrogens with one attached hydrogen (secondary N) is 3. The first-order chi connectivity index (χ1) is 10.7. The van der Waals surface area contributed by atoms with E-state index < -0.39 is 0 Å². The molecule has 1 heterocycles. The molecule has 5 nitrogen and oxygen atoms in total. The van der Waals surface area contributed by atoms with Crippen LogP contribution in [0, 0.1) is 5.92 Å². The molecule has 1 atom stereocenters. The van der Waals surface area contributed by atoms with Gasteiger partial charge in [0.25, 0.3) is 0 Å². The molecule has 22 heavy (non-hydrogen) atoms. The van der Waals surface area contributed by atoms with Crippen LogP contribution in [0.15, 0.2) is 42.5 Å². The zero-order valence-electron chi connectivity index (χ0n) is 12.3. The monoisotopic (exact) mass is 297 g/mol. The smallest absolute Gasteiger partial charge is 0.243 e. The van der Waals surface area contributed by atoms with Gasteiger partial charge in [0, 0.05) is 17.6 Å². The number of carbonyl (C=O) groups is 2. The number of rotatable bonds is 4. The van der Waals surface area contributed by atoms with Gasteiger partial charge in [-0.05, 0) is 24.4 Å². The van der Waals surface area contributed by atoms with Crippen LogP contribution in [0.4, 0.5) is 5.69 Å². The molecule has 0 saturated carbocycles. The molecule has 2 aromatic rings. The van der Waals surface area contributed by atoms with Gasteiger partial charge in [-0.1, -0.05) is 36.4 Å². The quantitative estimate of drug-likeness (QED) is 0.801. The van der Waals surface area contributed by atoms with Crippen LogP contribution in [0.5, 0.6) is 0 Å². The molecule has 0 bridgehead atoms. The fourth-order valence-electron chi connectivity index (χ4n) is 2.72. The molecule has 0 radical (unpaired) electrons. The Balaban J connectivity index is 1.60. The predicted octanol–water partition coefficient (Wildman–Crippen LogP) is 1.50. The Morgan fingerprint density at radius 3 is 2.77 bits per heavy atom. The molecule has 0 aromatic heterocycles. The molecule has 1 aliphatic rings. The summed E-state index contributed by atoms with van der Waals surface area (Å²) >= 11 is 0. The number of amides is 2. The third-order valence-electron chi connectivity index (χ3n) is 3.92. The number of hydrogen-bond acceptors (Lipinski definition) is 3. The molecule has 0 spiro atoms. The number of carbonyl (C=O) groups excluding carboxylic acids is 2. The Morgan fingerprint density at radius 1 is 1.14 bits per heavy atom. The Morgan fingerprint density at radius 2 is 1.95 bits per heavy atom. The Labute approximate surface area is 129 Å². The lowest BCUT2D eigenvalue weighted by molar-refractivity contribution is -0.126. The van der Waals surface area contributed by atoms with E-state index in [9.17, 15) is 9.59 Å². The largest absolute Gasteiger partial charge is 0.347 e. The molecule has 3 rings (SSSR count). The standard InChI is InChI=1S/C17H19N3O2/c21-16(11-19-17(22)13-8-9-18-10-13)20-15-7-3-5-12-4-1-2-6-14(12)15/h1-7,13,18H,8-11H2,(H,19,22)(H,20,21). The van der Waals surface area contributed by atoms with E-state index in [1.807, 2.05) is 42.5 Å². The van der Waals surface area contributed by atoms with E-state index in [1.54, 1.807) is 0 Å². The van der Waals surface area contributed by atoms with E-state index in [2.05, 4.69) is 16.0 Å². The van der Waals surface area contributed by atoms with Crippen molar-refractivity contribution in [2.45, 2.75) is 6.42 Å². The van der Waals surface area contributed by atoms with Gasteiger partial charge in [-0.25, -0.2) is 0 Å². The van der Waals surface area contributed by atoms with Gasteiger partial charge in [0.15, 0.2) is 0 Å². The summed E-state index contributed by atoms with van der Waals surface area (Å²) in [5, 5.41) is 10.8. The van der Waals surface area contributed by atoms with Gasteiger partial charge in [-0.15, -0.1) is 0 Å². The topological polar surface area (TPSA) is 70.2 Å². The van der Waals surface area contributed by atoms with Crippen LogP contribution in [0.2, 0.25) is 0 Å². The van der Waals surface area contributed by atoms with Crippen molar-refractivity contribution in [3.8, 4) is 0 Å². The number of benzene rings is 2. The van der Waals surface area contributed by atoms with Crippen molar-refractivity contribution in [3.05, 3.63) is 42.5 Å². The maximum atomic E-state index is 12.0. The molecule has 3 N–H and O–H groups in total. The van der Waals surface area contributed by atoms with Crippen LogP contribution in [-0.2, 0) is 9.59 Å². The van der Waals surface area contributed by atoms with Gasteiger partial charge in [-0.3, -0.25) is 9.59 Å². The van der Waals surface area contributed by atoms with Crippen LogP contribution >= 0.6 is 0 Å². The lowest BCUT2D eigenvalue weighted by Crippen LogP contribution is -2.37. The molecule has 5 heteroatoms. The number of fused-ring (bicyclic) bond motifs is 1. The van der Waals surface area contributed by atoms with Crippen molar-refractivity contribution >= 4 is 28.3 Å². The Bertz CT molecular complexity index is 688. The first-order valence-electron chi connectivity index (χ1n) is 7.50.